The van der Waals surface area contributed by atoms with Crippen LogP contribution in [0.25, 0.3) is 0 Å². The maximum atomic E-state index is 12.1. The smallest absolute Gasteiger partial charge is 0.265 e. The fraction of sp³-hybridized carbons (Fsp3) is 0.176. The number of halogens is 1. The second kappa shape index (κ2) is 7.40. The highest BCUT2D eigenvalue weighted by Crippen LogP contribution is 2.16. The van der Waals surface area contributed by atoms with Gasteiger partial charge < -0.3 is 10.1 Å². The molecule has 0 aliphatic carbocycles. The van der Waals surface area contributed by atoms with Gasteiger partial charge in [0.05, 0.1) is 0 Å². The number of ketones is 1. The predicted octanol–water partition coefficient (Wildman–Crippen LogP) is 3.90. The highest BCUT2D eigenvalue weighted by Gasteiger charge is 2.15. The Morgan fingerprint density at radius 2 is 1.64 bits per heavy atom. The molecule has 5 heteroatoms. The van der Waals surface area contributed by atoms with Crippen molar-refractivity contribution >= 4 is 40.0 Å². The van der Waals surface area contributed by atoms with Crippen LogP contribution in [0.5, 0.6) is 5.75 Å². The Hall–Kier alpha value is -1.89. The van der Waals surface area contributed by atoms with Gasteiger partial charge in [-0.25, -0.2) is 0 Å². The van der Waals surface area contributed by atoms with E-state index in [1.54, 1.807) is 31.2 Å². The SMILES string of the molecule is CC(=O)c1ccc(O[C@H](C)C(=O)Nc2ccc(I)cc2)cc1. The summed E-state index contributed by atoms with van der Waals surface area (Å²) in [5.41, 5.74) is 1.34. The number of rotatable bonds is 5. The van der Waals surface area contributed by atoms with Crippen LogP contribution in [-0.4, -0.2) is 17.8 Å². The number of amides is 1. The van der Waals surface area contributed by atoms with Crippen molar-refractivity contribution < 1.29 is 14.3 Å². The molecule has 22 heavy (non-hydrogen) atoms. The summed E-state index contributed by atoms with van der Waals surface area (Å²) in [6, 6.07) is 14.3. The Balaban J connectivity index is 1.95. The third-order valence-electron chi connectivity index (χ3n) is 3.05. The molecule has 1 N–H and O–H groups in total. The molecule has 0 radical (unpaired) electrons. The van der Waals surface area contributed by atoms with Crippen molar-refractivity contribution in [1.29, 1.82) is 0 Å². The van der Waals surface area contributed by atoms with Crippen LogP contribution >= 0.6 is 22.6 Å². The van der Waals surface area contributed by atoms with Crippen molar-refractivity contribution in [2.24, 2.45) is 0 Å². The second-order valence-electron chi connectivity index (χ2n) is 4.84. The molecule has 0 bridgehead atoms. The zero-order valence-corrected chi connectivity index (χ0v) is 14.5. The molecular weight excluding hydrogens is 393 g/mol. The molecule has 0 saturated heterocycles. The van der Waals surface area contributed by atoms with Crippen LogP contribution in [-0.2, 0) is 4.79 Å². The number of anilines is 1. The van der Waals surface area contributed by atoms with Crippen molar-refractivity contribution in [3.05, 3.63) is 57.7 Å². The lowest BCUT2D eigenvalue weighted by molar-refractivity contribution is -0.122. The van der Waals surface area contributed by atoms with Gasteiger partial charge in [0.2, 0.25) is 0 Å². The first kappa shape index (κ1) is 16.5. The van der Waals surface area contributed by atoms with Crippen molar-refractivity contribution in [2.45, 2.75) is 20.0 Å². The molecule has 114 valence electrons. The molecule has 2 rings (SSSR count). The second-order valence-corrected chi connectivity index (χ2v) is 6.08. The van der Waals surface area contributed by atoms with E-state index in [0.717, 1.165) is 9.26 Å². The lowest BCUT2D eigenvalue weighted by Crippen LogP contribution is -2.30. The molecule has 0 unspecified atom stereocenters. The fourth-order valence-electron chi connectivity index (χ4n) is 1.80. The largest absolute Gasteiger partial charge is 0.481 e. The number of hydrogen-bond donors (Lipinski definition) is 1. The molecule has 0 fully saturated rings. The van der Waals surface area contributed by atoms with E-state index in [4.69, 9.17) is 4.74 Å². The maximum Gasteiger partial charge on any atom is 0.265 e. The summed E-state index contributed by atoms with van der Waals surface area (Å²) >= 11 is 2.20. The van der Waals surface area contributed by atoms with Crippen LogP contribution in [0.4, 0.5) is 5.69 Å². The molecular formula is C17H16INO3. The average molecular weight is 409 g/mol. The van der Waals surface area contributed by atoms with Crippen LogP contribution in [0.2, 0.25) is 0 Å². The molecule has 4 nitrogen and oxygen atoms in total. The van der Waals surface area contributed by atoms with Gasteiger partial charge in [-0.15, -0.1) is 0 Å². The molecule has 0 aliphatic rings. The Labute approximate surface area is 143 Å². The first-order valence-corrected chi connectivity index (χ1v) is 7.87. The standard InChI is InChI=1S/C17H16INO3/c1-11(20)13-3-9-16(10-4-13)22-12(2)17(21)19-15-7-5-14(18)6-8-15/h3-10,12H,1-2H3,(H,19,21)/t12-/m1/s1. The van der Waals surface area contributed by atoms with E-state index in [1.165, 1.54) is 6.92 Å². The van der Waals surface area contributed by atoms with Gasteiger partial charge in [0.1, 0.15) is 5.75 Å². The van der Waals surface area contributed by atoms with Gasteiger partial charge >= 0.3 is 0 Å². The minimum absolute atomic E-state index is 0.00366. The summed E-state index contributed by atoms with van der Waals surface area (Å²) in [6.45, 7) is 3.19. The molecule has 2 aromatic carbocycles. The summed E-state index contributed by atoms with van der Waals surface area (Å²) in [4.78, 5) is 23.3. The number of hydrogen-bond acceptors (Lipinski definition) is 3. The quantitative estimate of drug-likeness (QED) is 0.602. The van der Waals surface area contributed by atoms with Crippen LogP contribution in [0.1, 0.15) is 24.2 Å². The Kier molecular flexibility index (Phi) is 5.54. The first-order chi connectivity index (χ1) is 10.5. The van der Waals surface area contributed by atoms with E-state index in [1.807, 2.05) is 24.3 Å². The van der Waals surface area contributed by atoms with Crippen LogP contribution in [0.15, 0.2) is 48.5 Å². The third kappa shape index (κ3) is 4.56. The van der Waals surface area contributed by atoms with Crippen LogP contribution in [0, 0.1) is 3.57 Å². The fourth-order valence-corrected chi connectivity index (χ4v) is 2.16. The number of ether oxygens (including phenoxy) is 1. The van der Waals surface area contributed by atoms with Crippen molar-refractivity contribution in [2.75, 3.05) is 5.32 Å². The number of Topliss-reactive ketones (excluding diaryl/α,β-unsaturated/α-hetero) is 1. The molecule has 1 atom stereocenters. The van der Waals surface area contributed by atoms with E-state index < -0.39 is 6.10 Å². The molecule has 0 aliphatic heterocycles. The minimum Gasteiger partial charge on any atom is -0.481 e. The van der Waals surface area contributed by atoms with Gasteiger partial charge in [0.25, 0.3) is 5.91 Å². The average Bonchev–Trinajstić information content (AvgIpc) is 2.50. The van der Waals surface area contributed by atoms with Gasteiger partial charge in [0, 0.05) is 14.8 Å². The topological polar surface area (TPSA) is 55.4 Å². The minimum atomic E-state index is -0.637. The Morgan fingerprint density at radius 1 is 1.05 bits per heavy atom. The Morgan fingerprint density at radius 3 is 2.18 bits per heavy atom. The molecule has 0 aromatic heterocycles. The Bertz CT molecular complexity index is 665. The number of benzene rings is 2. The number of carbonyl (C=O) groups is 2. The van der Waals surface area contributed by atoms with E-state index in [2.05, 4.69) is 27.9 Å². The monoisotopic (exact) mass is 409 g/mol. The lowest BCUT2D eigenvalue weighted by atomic mass is 10.1. The van der Waals surface area contributed by atoms with Crippen molar-refractivity contribution in [3.63, 3.8) is 0 Å². The lowest BCUT2D eigenvalue weighted by Gasteiger charge is -2.15. The summed E-state index contributed by atoms with van der Waals surface area (Å²) < 4.78 is 6.68. The van der Waals surface area contributed by atoms with Crippen LogP contribution < -0.4 is 10.1 Å². The van der Waals surface area contributed by atoms with E-state index >= 15 is 0 Å². The van der Waals surface area contributed by atoms with Gasteiger partial charge in [-0.05, 0) is 85.0 Å². The maximum absolute atomic E-state index is 12.1. The number of carbonyl (C=O) groups excluding carboxylic acids is 2. The molecule has 0 saturated carbocycles. The van der Waals surface area contributed by atoms with E-state index in [-0.39, 0.29) is 11.7 Å². The molecule has 0 spiro atoms. The van der Waals surface area contributed by atoms with Gasteiger partial charge in [0.15, 0.2) is 11.9 Å². The summed E-state index contributed by atoms with van der Waals surface area (Å²) in [7, 11) is 0. The summed E-state index contributed by atoms with van der Waals surface area (Å²) in [5.74, 6) is 0.322. The van der Waals surface area contributed by atoms with Crippen molar-refractivity contribution in [3.8, 4) is 5.75 Å². The summed E-state index contributed by atoms with van der Waals surface area (Å²) in [5, 5.41) is 2.80. The zero-order chi connectivity index (χ0) is 16.1. The highest BCUT2D eigenvalue weighted by atomic mass is 127. The first-order valence-electron chi connectivity index (χ1n) is 6.80. The third-order valence-corrected chi connectivity index (χ3v) is 3.77. The van der Waals surface area contributed by atoms with Gasteiger partial charge in [-0.3, -0.25) is 9.59 Å². The van der Waals surface area contributed by atoms with E-state index in [0.29, 0.717) is 11.3 Å². The van der Waals surface area contributed by atoms with Crippen molar-refractivity contribution in [1.82, 2.24) is 0 Å². The van der Waals surface area contributed by atoms with Crippen LogP contribution in [0.3, 0.4) is 0 Å². The number of nitrogens with one attached hydrogen (secondary N) is 1. The molecule has 0 heterocycles. The van der Waals surface area contributed by atoms with Gasteiger partial charge in [-0.2, -0.15) is 0 Å². The highest BCUT2D eigenvalue weighted by molar-refractivity contribution is 14.1. The summed E-state index contributed by atoms with van der Waals surface area (Å²) in [6.07, 6.45) is -0.637. The zero-order valence-electron chi connectivity index (χ0n) is 12.3. The normalized spacial score (nSPS) is 11.6. The molecule has 1 amide bonds. The molecule has 2 aromatic rings. The predicted molar refractivity (Wildman–Crippen MR) is 94.3 cm³/mol. The van der Waals surface area contributed by atoms with E-state index in [9.17, 15) is 9.59 Å². The van der Waals surface area contributed by atoms with Gasteiger partial charge in [-0.1, -0.05) is 0 Å².